The van der Waals surface area contributed by atoms with Gasteiger partial charge >= 0.3 is 5.97 Å². The van der Waals surface area contributed by atoms with Crippen molar-refractivity contribution < 1.29 is 14.3 Å². The van der Waals surface area contributed by atoms with Crippen LogP contribution in [0.1, 0.15) is 66.4 Å². The molecule has 0 spiro atoms. The van der Waals surface area contributed by atoms with Gasteiger partial charge in [-0.2, -0.15) is 0 Å². The molecule has 1 aliphatic carbocycles. The molecule has 0 radical (unpaired) electrons. The molecule has 0 saturated heterocycles. The first-order valence-electron chi connectivity index (χ1n) is 11.0. The summed E-state index contributed by atoms with van der Waals surface area (Å²) < 4.78 is 5.27. The Hall–Kier alpha value is -2.34. The molecule has 1 atom stereocenters. The van der Waals surface area contributed by atoms with E-state index in [-0.39, 0.29) is 18.4 Å². The second kappa shape index (κ2) is 10.6. The topological polar surface area (TPSA) is 67.4 Å². The van der Waals surface area contributed by atoms with Crippen LogP contribution in [0.3, 0.4) is 0 Å². The Labute approximate surface area is 183 Å². The minimum absolute atomic E-state index is 0.148. The Bertz CT molecular complexity index is 873. The first-order chi connectivity index (χ1) is 14.5. The lowest BCUT2D eigenvalue weighted by molar-refractivity contribution is -0.114. The number of fused-ring (bicyclic) bond motifs is 1. The van der Waals surface area contributed by atoms with Gasteiger partial charge in [0.1, 0.15) is 5.00 Å². The third-order valence-corrected chi connectivity index (χ3v) is 6.64. The number of rotatable bonds is 9. The van der Waals surface area contributed by atoms with Crippen molar-refractivity contribution in [1.29, 1.82) is 0 Å². The molecule has 162 valence electrons. The molecule has 1 aromatic carbocycles. The quantitative estimate of drug-likeness (QED) is 0.522. The minimum atomic E-state index is -0.338. The summed E-state index contributed by atoms with van der Waals surface area (Å²) in [5.74, 6) is 0.0921. The molecule has 1 unspecified atom stereocenters. The lowest BCUT2D eigenvalue weighted by Crippen LogP contribution is -2.22. The Morgan fingerprint density at radius 1 is 1.20 bits per heavy atom. The van der Waals surface area contributed by atoms with Crippen molar-refractivity contribution >= 4 is 33.9 Å². The largest absolute Gasteiger partial charge is 0.462 e. The van der Waals surface area contributed by atoms with E-state index < -0.39 is 0 Å². The van der Waals surface area contributed by atoms with Crippen LogP contribution in [0, 0.1) is 5.92 Å². The molecule has 1 heterocycles. The van der Waals surface area contributed by atoms with Crippen LogP contribution in [0.2, 0.25) is 0 Å². The number of anilines is 2. The molecule has 1 amide bonds. The van der Waals surface area contributed by atoms with E-state index >= 15 is 0 Å². The second-order valence-corrected chi connectivity index (χ2v) is 9.08. The van der Waals surface area contributed by atoms with Gasteiger partial charge in [0.05, 0.1) is 18.7 Å². The highest BCUT2D eigenvalue weighted by Gasteiger charge is 2.29. The number of carbonyl (C=O) groups excluding carboxylic acids is 2. The third-order valence-electron chi connectivity index (χ3n) is 5.47. The Kier molecular flexibility index (Phi) is 7.91. The number of hydrogen-bond donors (Lipinski definition) is 2. The summed E-state index contributed by atoms with van der Waals surface area (Å²) >= 11 is 1.52. The molecule has 2 aromatic rings. The molecular weight excluding hydrogens is 396 g/mol. The van der Waals surface area contributed by atoms with E-state index in [0.29, 0.717) is 23.1 Å². The monoisotopic (exact) mass is 428 g/mol. The SMILES string of the molecule is CCCCc1ccc(NCC(=O)Nc2sc3c(c2C(=O)OCC)CCC(C)C3)cc1. The normalized spacial score (nSPS) is 15.4. The summed E-state index contributed by atoms with van der Waals surface area (Å²) in [6, 6.07) is 8.22. The van der Waals surface area contributed by atoms with Gasteiger partial charge in [-0.3, -0.25) is 4.79 Å². The predicted octanol–water partition coefficient (Wildman–Crippen LogP) is 5.44. The van der Waals surface area contributed by atoms with E-state index in [9.17, 15) is 9.59 Å². The fourth-order valence-electron chi connectivity index (χ4n) is 3.78. The summed E-state index contributed by atoms with van der Waals surface area (Å²) in [6.07, 6.45) is 6.31. The van der Waals surface area contributed by atoms with Crippen LogP contribution in [-0.4, -0.2) is 25.0 Å². The maximum Gasteiger partial charge on any atom is 0.341 e. The number of aryl methyl sites for hydroxylation is 1. The fourth-order valence-corrected chi connectivity index (χ4v) is 5.20. The van der Waals surface area contributed by atoms with Crippen molar-refractivity contribution in [2.75, 3.05) is 23.8 Å². The van der Waals surface area contributed by atoms with E-state index in [1.807, 2.05) is 12.1 Å². The van der Waals surface area contributed by atoms with Gasteiger partial charge in [0, 0.05) is 10.6 Å². The summed E-state index contributed by atoms with van der Waals surface area (Å²) in [7, 11) is 0. The van der Waals surface area contributed by atoms with Crippen molar-refractivity contribution in [3.05, 3.63) is 45.8 Å². The average molecular weight is 429 g/mol. The van der Waals surface area contributed by atoms with Gasteiger partial charge < -0.3 is 15.4 Å². The highest BCUT2D eigenvalue weighted by atomic mass is 32.1. The number of nitrogens with one attached hydrogen (secondary N) is 2. The summed E-state index contributed by atoms with van der Waals surface area (Å²) in [6.45, 7) is 6.68. The number of esters is 1. The fraction of sp³-hybridized carbons (Fsp3) is 0.500. The number of amides is 1. The highest BCUT2D eigenvalue weighted by molar-refractivity contribution is 7.17. The van der Waals surface area contributed by atoms with Crippen LogP contribution in [0.5, 0.6) is 0 Å². The van der Waals surface area contributed by atoms with Crippen molar-refractivity contribution in [2.45, 2.75) is 59.3 Å². The molecule has 30 heavy (non-hydrogen) atoms. The summed E-state index contributed by atoms with van der Waals surface area (Å²) in [4.78, 5) is 26.3. The van der Waals surface area contributed by atoms with E-state index in [2.05, 4.69) is 36.6 Å². The van der Waals surface area contributed by atoms with Gasteiger partial charge in [0.2, 0.25) is 5.91 Å². The van der Waals surface area contributed by atoms with Gasteiger partial charge in [0.25, 0.3) is 0 Å². The van der Waals surface area contributed by atoms with Crippen molar-refractivity contribution in [1.82, 2.24) is 0 Å². The summed E-state index contributed by atoms with van der Waals surface area (Å²) in [5.41, 5.74) is 3.83. The third kappa shape index (κ3) is 5.63. The first kappa shape index (κ1) is 22.3. The molecule has 1 aliphatic rings. The van der Waals surface area contributed by atoms with Crippen LogP contribution in [0.4, 0.5) is 10.7 Å². The maximum absolute atomic E-state index is 12.6. The van der Waals surface area contributed by atoms with E-state index in [1.54, 1.807) is 6.92 Å². The number of unbranched alkanes of at least 4 members (excludes halogenated alkanes) is 1. The van der Waals surface area contributed by atoms with Crippen molar-refractivity contribution in [3.8, 4) is 0 Å². The van der Waals surface area contributed by atoms with Crippen LogP contribution in [0.25, 0.3) is 0 Å². The minimum Gasteiger partial charge on any atom is -0.462 e. The zero-order valence-corrected chi connectivity index (χ0v) is 19.0. The zero-order valence-electron chi connectivity index (χ0n) is 18.2. The van der Waals surface area contributed by atoms with Crippen LogP contribution in [-0.2, 0) is 28.8 Å². The van der Waals surface area contributed by atoms with E-state index in [4.69, 9.17) is 4.74 Å². The lowest BCUT2D eigenvalue weighted by atomic mass is 9.88. The van der Waals surface area contributed by atoms with Crippen molar-refractivity contribution in [3.63, 3.8) is 0 Å². The molecule has 0 fully saturated rings. The van der Waals surface area contributed by atoms with Gasteiger partial charge in [-0.15, -0.1) is 11.3 Å². The summed E-state index contributed by atoms with van der Waals surface area (Å²) in [5, 5.41) is 6.73. The van der Waals surface area contributed by atoms with E-state index in [1.165, 1.54) is 34.6 Å². The van der Waals surface area contributed by atoms with Crippen molar-refractivity contribution in [2.24, 2.45) is 5.92 Å². The van der Waals surface area contributed by atoms with Gasteiger partial charge in [-0.1, -0.05) is 32.4 Å². The van der Waals surface area contributed by atoms with Gasteiger partial charge in [-0.05, 0) is 68.2 Å². The average Bonchev–Trinajstić information content (AvgIpc) is 3.08. The first-order valence-corrected chi connectivity index (χ1v) is 11.8. The number of benzene rings is 1. The predicted molar refractivity (Wildman–Crippen MR) is 124 cm³/mol. The van der Waals surface area contributed by atoms with Gasteiger partial charge in [-0.25, -0.2) is 4.79 Å². The standard InChI is InChI=1S/C24H32N2O3S/c1-4-6-7-17-9-11-18(12-10-17)25-15-21(27)26-23-22(24(28)29-5-2)19-13-8-16(3)14-20(19)30-23/h9-12,16,25H,4-8,13-15H2,1-3H3,(H,26,27). The zero-order chi connectivity index (χ0) is 21.5. The molecule has 0 saturated carbocycles. The Morgan fingerprint density at radius 2 is 1.97 bits per heavy atom. The molecule has 0 aliphatic heterocycles. The van der Waals surface area contributed by atoms with Crippen LogP contribution in [0.15, 0.2) is 24.3 Å². The smallest absolute Gasteiger partial charge is 0.341 e. The molecule has 6 heteroatoms. The molecule has 0 bridgehead atoms. The maximum atomic E-state index is 12.6. The van der Waals surface area contributed by atoms with E-state index in [0.717, 1.165) is 36.9 Å². The van der Waals surface area contributed by atoms with Crippen LogP contribution >= 0.6 is 11.3 Å². The molecule has 5 nitrogen and oxygen atoms in total. The highest BCUT2D eigenvalue weighted by Crippen LogP contribution is 2.40. The molecular formula is C24H32N2O3S. The number of ether oxygens (including phenoxy) is 1. The van der Waals surface area contributed by atoms with Crippen LogP contribution < -0.4 is 10.6 Å². The molecule has 1 aromatic heterocycles. The Morgan fingerprint density at radius 3 is 2.67 bits per heavy atom. The van der Waals surface area contributed by atoms with Gasteiger partial charge in [0.15, 0.2) is 0 Å². The lowest BCUT2D eigenvalue weighted by Gasteiger charge is -2.18. The number of carbonyl (C=O) groups is 2. The number of thiophene rings is 1. The molecule has 2 N–H and O–H groups in total. The Balaban J connectivity index is 1.65. The number of hydrogen-bond acceptors (Lipinski definition) is 5. The molecule has 3 rings (SSSR count). The second-order valence-electron chi connectivity index (χ2n) is 7.98.